The lowest BCUT2D eigenvalue weighted by Gasteiger charge is -2.18. The highest BCUT2D eigenvalue weighted by Gasteiger charge is 2.35. The molecule has 1 aromatic carbocycles. The largest absolute Gasteiger partial charge is 0.465 e. The Hall–Kier alpha value is -2.93. The molecule has 2 rings (SSSR count). The second-order valence-electron chi connectivity index (χ2n) is 5.65. The van der Waals surface area contributed by atoms with Gasteiger partial charge in [-0.2, -0.15) is 0 Å². The number of aliphatic hydroxyl groups excluding tert-OH is 1. The fourth-order valence-electron chi connectivity index (χ4n) is 2.81. The molecular weight excluding hydrogens is 350 g/mol. The van der Waals surface area contributed by atoms with Crippen molar-refractivity contribution in [3.63, 3.8) is 0 Å². The van der Waals surface area contributed by atoms with Gasteiger partial charge in [-0.25, -0.2) is 0 Å². The number of esters is 2. The lowest BCUT2D eigenvalue weighted by molar-refractivity contribution is -0.157. The van der Waals surface area contributed by atoms with Gasteiger partial charge < -0.3 is 19.1 Å². The van der Waals surface area contributed by atoms with E-state index < -0.39 is 17.9 Å². The molecule has 144 valence electrons. The van der Waals surface area contributed by atoms with Gasteiger partial charge in [-0.1, -0.05) is 30.3 Å². The smallest absolute Gasteiger partial charge is 0.326 e. The number of hydrogen-bond donors (Lipinski definition) is 1. The molecule has 1 aromatic heterocycles. The van der Waals surface area contributed by atoms with Crippen molar-refractivity contribution in [2.24, 2.45) is 0 Å². The molecule has 0 aliphatic carbocycles. The molecule has 0 unspecified atom stereocenters. The van der Waals surface area contributed by atoms with Gasteiger partial charge in [0.05, 0.1) is 25.5 Å². The summed E-state index contributed by atoms with van der Waals surface area (Å²) < 4.78 is 11.5. The van der Waals surface area contributed by atoms with Crippen LogP contribution in [0.3, 0.4) is 0 Å². The van der Waals surface area contributed by atoms with Crippen LogP contribution in [0.1, 0.15) is 41.5 Å². The number of aliphatic hydroxyl groups is 1. The lowest BCUT2D eigenvalue weighted by atomic mass is 10.1. The first-order valence-corrected chi connectivity index (χ1v) is 8.78. The summed E-state index contributed by atoms with van der Waals surface area (Å²) in [5, 5.41) is 9.44. The van der Waals surface area contributed by atoms with Crippen LogP contribution in [0.5, 0.6) is 0 Å². The van der Waals surface area contributed by atoms with Crippen molar-refractivity contribution >= 4 is 17.7 Å². The Balaban J connectivity index is 2.51. The summed E-state index contributed by atoms with van der Waals surface area (Å²) in [5.41, 5.74) is 0.981. The second-order valence-corrected chi connectivity index (χ2v) is 5.65. The Morgan fingerprint density at radius 3 is 2.07 bits per heavy atom. The minimum atomic E-state index is -1.33. The van der Waals surface area contributed by atoms with Gasteiger partial charge in [0.1, 0.15) is 0 Å². The molecule has 0 aliphatic rings. The first-order chi connectivity index (χ1) is 13.0. The van der Waals surface area contributed by atoms with Crippen molar-refractivity contribution in [1.29, 1.82) is 0 Å². The second kappa shape index (κ2) is 9.68. The van der Waals surface area contributed by atoms with Gasteiger partial charge in [-0.15, -0.1) is 0 Å². The minimum Gasteiger partial charge on any atom is -0.465 e. The van der Waals surface area contributed by atoms with Gasteiger partial charge in [-0.3, -0.25) is 14.4 Å². The molecule has 0 saturated carbocycles. The van der Waals surface area contributed by atoms with Gasteiger partial charge >= 0.3 is 11.9 Å². The third-order valence-corrected chi connectivity index (χ3v) is 3.95. The molecular formula is C20H23NO6. The standard InChI is InChI=1S/C20H23NO6/c1-3-26-19(24)17(20(25)27-4-2)15-10-11-16(21(15)12-13-22)18(23)14-8-6-5-7-9-14/h5-11,17,22H,3-4,12-13H2,1-2H3. The van der Waals surface area contributed by atoms with E-state index in [0.717, 1.165) is 0 Å². The zero-order valence-corrected chi connectivity index (χ0v) is 15.4. The number of ether oxygens (including phenoxy) is 2. The Morgan fingerprint density at radius 1 is 0.963 bits per heavy atom. The lowest BCUT2D eigenvalue weighted by Crippen LogP contribution is -2.29. The van der Waals surface area contributed by atoms with Gasteiger partial charge in [0.2, 0.25) is 5.78 Å². The van der Waals surface area contributed by atoms with Crippen molar-refractivity contribution in [2.45, 2.75) is 26.3 Å². The van der Waals surface area contributed by atoms with Crippen molar-refractivity contribution in [2.75, 3.05) is 19.8 Å². The maximum absolute atomic E-state index is 12.8. The van der Waals surface area contributed by atoms with Gasteiger partial charge in [0.15, 0.2) is 5.92 Å². The van der Waals surface area contributed by atoms with Gasteiger partial charge in [0, 0.05) is 17.8 Å². The van der Waals surface area contributed by atoms with E-state index in [-0.39, 0.29) is 43.5 Å². The van der Waals surface area contributed by atoms with Gasteiger partial charge in [0.25, 0.3) is 0 Å². The molecule has 2 aromatic rings. The van der Waals surface area contributed by atoms with Crippen LogP contribution in [-0.2, 0) is 25.6 Å². The number of benzene rings is 1. The van der Waals surface area contributed by atoms with Gasteiger partial charge in [-0.05, 0) is 26.0 Å². The van der Waals surface area contributed by atoms with E-state index in [4.69, 9.17) is 9.47 Å². The summed E-state index contributed by atoms with van der Waals surface area (Å²) in [6, 6.07) is 11.7. The number of hydrogen-bond acceptors (Lipinski definition) is 6. The minimum absolute atomic E-state index is 0.0472. The topological polar surface area (TPSA) is 94.8 Å². The van der Waals surface area contributed by atoms with E-state index in [1.807, 2.05) is 0 Å². The maximum atomic E-state index is 12.8. The van der Waals surface area contributed by atoms with E-state index in [2.05, 4.69) is 0 Å². The average molecular weight is 373 g/mol. The monoisotopic (exact) mass is 373 g/mol. The molecule has 1 N–H and O–H groups in total. The Morgan fingerprint density at radius 2 is 1.56 bits per heavy atom. The summed E-state index contributed by atoms with van der Waals surface area (Å²) in [7, 11) is 0. The summed E-state index contributed by atoms with van der Waals surface area (Å²) in [6.07, 6.45) is 0. The Kier molecular flexibility index (Phi) is 7.31. The number of aromatic nitrogens is 1. The molecule has 7 heteroatoms. The zero-order valence-electron chi connectivity index (χ0n) is 15.4. The van der Waals surface area contributed by atoms with Crippen LogP contribution in [0, 0.1) is 0 Å². The number of nitrogens with zero attached hydrogens (tertiary/aromatic N) is 1. The highest BCUT2D eigenvalue weighted by molar-refractivity contribution is 6.08. The predicted octanol–water partition coefficient (Wildman–Crippen LogP) is 1.92. The molecule has 0 bridgehead atoms. The molecule has 0 aliphatic heterocycles. The number of carbonyl (C=O) groups is 3. The van der Waals surface area contributed by atoms with Crippen LogP contribution in [0.25, 0.3) is 0 Å². The van der Waals surface area contributed by atoms with E-state index in [1.165, 1.54) is 16.7 Å². The molecule has 0 saturated heterocycles. The highest BCUT2D eigenvalue weighted by atomic mass is 16.6. The SMILES string of the molecule is CCOC(=O)C(C(=O)OCC)c1ccc(C(=O)c2ccccc2)n1CCO. The van der Waals surface area contributed by atoms with E-state index in [0.29, 0.717) is 5.56 Å². The molecule has 27 heavy (non-hydrogen) atoms. The van der Waals surface area contributed by atoms with Crippen molar-refractivity contribution in [1.82, 2.24) is 4.57 Å². The van der Waals surface area contributed by atoms with Crippen LogP contribution >= 0.6 is 0 Å². The highest BCUT2D eigenvalue weighted by Crippen LogP contribution is 2.24. The quantitative estimate of drug-likeness (QED) is 0.410. The Labute approximate surface area is 157 Å². The van der Waals surface area contributed by atoms with Crippen LogP contribution < -0.4 is 0 Å². The predicted molar refractivity (Wildman–Crippen MR) is 97.4 cm³/mol. The fraction of sp³-hybridized carbons (Fsp3) is 0.350. The molecule has 0 radical (unpaired) electrons. The summed E-state index contributed by atoms with van der Waals surface area (Å²) in [4.78, 5) is 37.6. The molecule has 0 amide bonds. The maximum Gasteiger partial charge on any atom is 0.326 e. The molecule has 1 heterocycles. The molecule has 0 fully saturated rings. The first-order valence-electron chi connectivity index (χ1n) is 8.78. The van der Waals surface area contributed by atoms with Crippen molar-refractivity contribution in [3.8, 4) is 0 Å². The summed E-state index contributed by atoms with van der Waals surface area (Å²) in [5.74, 6) is -3.12. The van der Waals surface area contributed by atoms with Crippen molar-refractivity contribution in [3.05, 3.63) is 59.4 Å². The third-order valence-electron chi connectivity index (χ3n) is 3.95. The van der Waals surface area contributed by atoms with Crippen LogP contribution in [0.15, 0.2) is 42.5 Å². The Bertz CT molecular complexity index is 778. The normalized spacial score (nSPS) is 10.7. The molecule has 0 atom stereocenters. The molecule has 7 nitrogen and oxygen atoms in total. The van der Waals surface area contributed by atoms with Crippen LogP contribution in [0.2, 0.25) is 0 Å². The van der Waals surface area contributed by atoms with E-state index in [9.17, 15) is 19.5 Å². The first kappa shape index (κ1) is 20.4. The third kappa shape index (κ3) is 4.62. The number of rotatable bonds is 9. The number of carbonyl (C=O) groups excluding carboxylic acids is 3. The van der Waals surface area contributed by atoms with E-state index >= 15 is 0 Å². The van der Waals surface area contributed by atoms with E-state index in [1.54, 1.807) is 44.2 Å². The van der Waals surface area contributed by atoms with Crippen LogP contribution in [0.4, 0.5) is 0 Å². The fourth-order valence-corrected chi connectivity index (χ4v) is 2.81. The zero-order chi connectivity index (χ0) is 19.8. The average Bonchev–Trinajstić information content (AvgIpc) is 3.06. The van der Waals surface area contributed by atoms with Crippen LogP contribution in [-0.4, -0.2) is 47.2 Å². The number of ketones is 1. The summed E-state index contributed by atoms with van der Waals surface area (Å²) >= 11 is 0. The summed E-state index contributed by atoms with van der Waals surface area (Å²) in [6.45, 7) is 3.26. The molecule has 0 spiro atoms. The van der Waals surface area contributed by atoms with Crippen molar-refractivity contribution < 1.29 is 29.0 Å².